The van der Waals surface area contributed by atoms with Crippen molar-refractivity contribution in [1.29, 1.82) is 5.26 Å². The van der Waals surface area contributed by atoms with Gasteiger partial charge in [0, 0.05) is 11.6 Å². The van der Waals surface area contributed by atoms with Crippen molar-refractivity contribution in [2.75, 3.05) is 0 Å². The van der Waals surface area contributed by atoms with Crippen LogP contribution < -0.4 is 5.73 Å². The zero-order valence-corrected chi connectivity index (χ0v) is 10.7. The predicted octanol–water partition coefficient (Wildman–Crippen LogP) is 3.01. The standard InChI is InChI=1S/C13H15FN2O.ClH/c14-11-6-8(7-15)5-10(13(11)17)12(16)9-3-1-2-4-9;/h5-6,9,12,17H,1-4,16H2;1H/t12-;/m1./s1. The number of aromatic hydroxyl groups is 1. The number of hydrogen-bond donors (Lipinski definition) is 2. The zero-order chi connectivity index (χ0) is 12.4. The van der Waals surface area contributed by atoms with Crippen molar-refractivity contribution >= 4 is 12.4 Å². The van der Waals surface area contributed by atoms with E-state index in [9.17, 15) is 9.50 Å². The molecule has 0 unspecified atom stereocenters. The van der Waals surface area contributed by atoms with Crippen LogP contribution in [0.2, 0.25) is 0 Å². The topological polar surface area (TPSA) is 70.0 Å². The van der Waals surface area contributed by atoms with Crippen LogP contribution in [0.4, 0.5) is 4.39 Å². The molecule has 5 heteroatoms. The van der Waals surface area contributed by atoms with Gasteiger partial charge >= 0.3 is 0 Å². The number of hydrogen-bond acceptors (Lipinski definition) is 3. The molecule has 3 N–H and O–H groups in total. The molecule has 18 heavy (non-hydrogen) atoms. The maximum Gasteiger partial charge on any atom is 0.166 e. The van der Waals surface area contributed by atoms with Crippen molar-refractivity contribution in [1.82, 2.24) is 0 Å². The second-order valence-corrected chi connectivity index (χ2v) is 4.58. The van der Waals surface area contributed by atoms with Gasteiger partial charge in [-0.3, -0.25) is 0 Å². The van der Waals surface area contributed by atoms with Crippen LogP contribution in [-0.2, 0) is 0 Å². The molecule has 1 aliphatic carbocycles. The highest BCUT2D eigenvalue weighted by Gasteiger charge is 2.26. The summed E-state index contributed by atoms with van der Waals surface area (Å²) in [6.07, 6.45) is 4.25. The third kappa shape index (κ3) is 2.74. The SMILES string of the molecule is Cl.N#Cc1cc(F)c(O)c([C@H](N)C2CCCC2)c1. The van der Waals surface area contributed by atoms with Crippen molar-refractivity contribution in [2.45, 2.75) is 31.7 Å². The third-order valence-corrected chi connectivity index (χ3v) is 3.49. The molecule has 1 aromatic rings. The number of nitrogens with zero attached hydrogens (tertiary/aromatic N) is 1. The molecule has 0 aliphatic heterocycles. The molecule has 0 saturated heterocycles. The van der Waals surface area contributed by atoms with Crippen molar-refractivity contribution in [2.24, 2.45) is 11.7 Å². The van der Waals surface area contributed by atoms with E-state index in [0.29, 0.717) is 5.56 Å². The van der Waals surface area contributed by atoms with Gasteiger partial charge in [0.05, 0.1) is 11.6 Å². The van der Waals surface area contributed by atoms with Crippen LogP contribution in [0.3, 0.4) is 0 Å². The summed E-state index contributed by atoms with van der Waals surface area (Å²) in [7, 11) is 0. The number of nitriles is 1. The van der Waals surface area contributed by atoms with Gasteiger partial charge in [0.25, 0.3) is 0 Å². The van der Waals surface area contributed by atoms with Gasteiger partial charge in [0.15, 0.2) is 11.6 Å². The first kappa shape index (κ1) is 14.7. The highest BCUT2D eigenvalue weighted by atomic mass is 35.5. The first-order valence-electron chi connectivity index (χ1n) is 5.81. The molecule has 1 aromatic carbocycles. The van der Waals surface area contributed by atoms with Gasteiger partial charge in [0.1, 0.15) is 0 Å². The van der Waals surface area contributed by atoms with Gasteiger partial charge in [-0.1, -0.05) is 12.8 Å². The average Bonchev–Trinajstić information content (AvgIpc) is 2.85. The lowest BCUT2D eigenvalue weighted by Crippen LogP contribution is -2.19. The van der Waals surface area contributed by atoms with Gasteiger partial charge < -0.3 is 10.8 Å². The van der Waals surface area contributed by atoms with Crippen LogP contribution in [0.5, 0.6) is 5.75 Å². The quantitative estimate of drug-likeness (QED) is 0.868. The van der Waals surface area contributed by atoms with E-state index in [1.54, 1.807) is 0 Å². The Bertz CT molecular complexity index is 467. The van der Waals surface area contributed by atoms with E-state index in [2.05, 4.69) is 0 Å². The molecule has 2 rings (SSSR count). The average molecular weight is 271 g/mol. The van der Waals surface area contributed by atoms with Gasteiger partial charge in [-0.25, -0.2) is 4.39 Å². The fourth-order valence-electron chi connectivity index (χ4n) is 2.51. The summed E-state index contributed by atoms with van der Waals surface area (Å²) in [6.45, 7) is 0. The summed E-state index contributed by atoms with van der Waals surface area (Å²) in [6, 6.07) is 4.00. The second kappa shape index (κ2) is 6.03. The Hall–Kier alpha value is -1.31. The minimum absolute atomic E-state index is 0. The molecule has 0 aromatic heterocycles. The Morgan fingerprint density at radius 2 is 2.00 bits per heavy atom. The van der Waals surface area contributed by atoms with E-state index >= 15 is 0 Å². The Kier molecular flexibility index (Phi) is 4.94. The molecule has 3 nitrogen and oxygen atoms in total. The number of halogens is 2. The predicted molar refractivity (Wildman–Crippen MR) is 68.9 cm³/mol. The smallest absolute Gasteiger partial charge is 0.166 e. The lowest BCUT2D eigenvalue weighted by molar-refractivity contribution is 0.392. The summed E-state index contributed by atoms with van der Waals surface area (Å²) in [4.78, 5) is 0. The molecule has 1 fully saturated rings. The van der Waals surface area contributed by atoms with Crippen molar-refractivity contribution < 1.29 is 9.50 Å². The van der Waals surface area contributed by atoms with Crippen LogP contribution in [0, 0.1) is 23.1 Å². The largest absolute Gasteiger partial charge is 0.505 e. The minimum atomic E-state index is -0.771. The molecule has 1 saturated carbocycles. The zero-order valence-electron chi connectivity index (χ0n) is 9.90. The lowest BCUT2D eigenvalue weighted by Gasteiger charge is -2.20. The third-order valence-electron chi connectivity index (χ3n) is 3.49. The maximum absolute atomic E-state index is 13.4. The highest BCUT2D eigenvalue weighted by molar-refractivity contribution is 5.85. The normalized spacial score (nSPS) is 16.9. The van der Waals surface area contributed by atoms with Crippen molar-refractivity contribution in [3.05, 3.63) is 29.1 Å². The lowest BCUT2D eigenvalue weighted by atomic mass is 9.91. The summed E-state index contributed by atoms with van der Waals surface area (Å²) < 4.78 is 13.4. The minimum Gasteiger partial charge on any atom is -0.505 e. The molecule has 1 atom stereocenters. The molecule has 0 heterocycles. The van der Waals surface area contributed by atoms with Gasteiger partial charge in [-0.15, -0.1) is 12.4 Å². The molecule has 98 valence electrons. The molecule has 0 bridgehead atoms. The Balaban J connectivity index is 0.00000162. The van der Waals surface area contributed by atoms with E-state index < -0.39 is 11.6 Å². The van der Waals surface area contributed by atoms with E-state index in [1.807, 2.05) is 6.07 Å². The summed E-state index contributed by atoms with van der Waals surface area (Å²) in [5, 5.41) is 18.5. The highest BCUT2D eigenvalue weighted by Crippen LogP contribution is 2.38. The molecular weight excluding hydrogens is 255 g/mol. The molecule has 1 aliphatic rings. The molecule has 0 amide bonds. The fourth-order valence-corrected chi connectivity index (χ4v) is 2.51. The molecule has 0 radical (unpaired) electrons. The number of rotatable bonds is 2. The van der Waals surface area contributed by atoms with Gasteiger partial charge in [-0.2, -0.15) is 5.26 Å². The number of phenolic OH excluding ortho intramolecular Hbond substituents is 1. The number of nitrogens with two attached hydrogens (primary N) is 1. The fraction of sp³-hybridized carbons (Fsp3) is 0.462. The first-order valence-corrected chi connectivity index (χ1v) is 5.81. The second-order valence-electron chi connectivity index (χ2n) is 4.58. The van der Waals surface area contributed by atoms with E-state index in [-0.39, 0.29) is 29.9 Å². The Morgan fingerprint density at radius 1 is 1.39 bits per heavy atom. The van der Waals surface area contributed by atoms with E-state index in [1.165, 1.54) is 6.07 Å². The number of phenols is 1. The molecular formula is C13H16ClFN2O. The van der Waals surface area contributed by atoms with Crippen molar-refractivity contribution in [3.63, 3.8) is 0 Å². The molecule has 0 spiro atoms. The van der Waals surface area contributed by atoms with Crippen molar-refractivity contribution in [3.8, 4) is 11.8 Å². The maximum atomic E-state index is 13.4. The van der Waals surface area contributed by atoms with Crippen LogP contribution in [0.1, 0.15) is 42.9 Å². The number of benzene rings is 1. The van der Waals surface area contributed by atoms with E-state index in [4.69, 9.17) is 11.0 Å². The summed E-state index contributed by atoms with van der Waals surface area (Å²) >= 11 is 0. The summed E-state index contributed by atoms with van der Waals surface area (Å²) in [5.41, 5.74) is 6.61. The first-order chi connectivity index (χ1) is 8.13. The van der Waals surface area contributed by atoms with Crippen LogP contribution in [0.25, 0.3) is 0 Å². The Labute approximate surface area is 112 Å². The van der Waals surface area contributed by atoms with Crippen LogP contribution in [-0.4, -0.2) is 5.11 Å². The van der Waals surface area contributed by atoms with Crippen LogP contribution in [0.15, 0.2) is 12.1 Å². The summed E-state index contributed by atoms with van der Waals surface area (Å²) in [5.74, 6) is -0.912. The van der Waals surface area contributed by atoms with Gasteiger partial charge in [0.2, 0.25) is 0 Å². The monoisotopic (exact) mass is 270 g/mol. The Morgan fingerprint density at radius 3 is 2.56 bits per heavy atom. The van der Waals surface area contributed by atoms with Gasteiger partial charge in [-0.05, 0) is 30.9 Å². The van der Waals surface area contributed by atoms with E-state index in [0.717, 1.165) is 31.7 Å². The van der Waals surface area contributed by atoms with Crippen LogP contribution >= 0.6 is 12.4 Å².